The first-order chi connectivity index (χ1) is 14.0. The Balaban J connectivity index is 1.75. The van der Waals surface area contributed by atoms with Crippen LogP contribution in [0.25, 0.3) is 17.0 Å². The van der Waals surface area contributed by atoms with Gasteiger partial charge in [0.25, 0.3) is 0 Å². The smallest absolute Gasteiger partial charge is 0.342 e. The molecule has 0 fully saturated rings. The van der Waals surface area contributed by atoms with Gasteiger partial charge in [0.2, 0.25) is 5.16 Å². The van der Waals surface area contributed by atoms with Gasteiger partial charge in [-0.05, 0) is 42.5 Å². The molecule has 0 spiro atoms. The van der Waals surface area contributed by atoms with Crippen LogP contribution in [0.3, 0.4) is 0 Å². The van der Waals surface area contributed by atoms with Crippen molar-refractivity contribution in [3.05, 3.63) is 81.6 Å². The summed E-state index contributed by atoms with van der Waals surface area (Å²) in [6.07, 6.45) is 3.60. The first kappa shape index (κ1) is 19.3. The zero-order valence-corrected chi connectivity index (χ0v) is 17.0. The molecule has 0 aliphatic rings. The number of rotatable bonds is 6. The molecule has 146 valence electrons. The summed E-state index contributed by atoms with van der Waals surface area (Å²) in [6.45, 7) is 2.35. The van der Waals surface area contributed by atoms with E-state index in [1.807, 2.05) is 54.7 Å². The van der Waals surface area contributed by atoms with Crippen LogP contribution in [0.15, 0.2) is 64.8 Å². The maximum absolute atomic E-state index is 11.8. The third kappa shape index (κ3) is 4.21. The fourth-order valence-electron chi connectivity index (χ4n) is 3.07. The second kappa shape index (κ2) is 8.14. The van der Waals surface area contributed by atoms with Crippen molar-refractivity contribution in [1.29, 1.82) is 0 Å². The number of nitrogens with one attached hydrogen (secondary N) is 1. The molecule has 2 N–H and O–H groups in total. The summed E-state index contributed by atoms with van der Waals surface area (Å²) in [5.74, 6) is -0.394. The molecule has 0 atom stereocenters. The average molecular weight is 425 g/mol. The molecule has 0 amide bonds. The Morgan fingerprint density at radius 3 is 2.72 bits per heavy atom. The topological polar surface area (TPSA) is 83.8 Å². The Kier molecular flexibility index (Phi) is 5.42. The van der Waals surface area contributed by atoms with Crippen LogP contribution in [0, 0.1) is 6.92 Å². The highest BCUT2D eigenvalue weighted by molar-refractivity contribution is 8.04. The standard InChI is InChI=1S/C21H17ClN4O2S/c1-13-23-21(25-24-13)29-19(20(27)28)10-15-12-26(18-9-5-3-7-16(15)18)11-14-6-2-4-8-17(14)22/h2-10,12H,11H2,1H3,(H,27,28)(H,23,24,25)/b19-10-. The van der Waals surface area contributed by atoms with Gasteiger partial charge < -0.3 is 9.67 Å². The SMILES string of the molecule is Cc1nc(S/C(=C\c2cn(Cc3ccccc3Cl)c3ccccc23)C(=O)O)n[nH]1. The number of hydrogen-bond donors (Lipinski definition) is 2. The highest BCUT2D eigenvalue weighted by atomic mass is 35.5. The van der Waals surface area contributed by atoms with Gasteiger partial charge in [0, 0.05) is 34.2 Å². The molecule has 0 unspecified atom stereocenters. The maximum atomic E-state index is 11.8. The van der Waals surface area contributed by atoms with Crippen molar-refractivity contribution < 1.29 is 9.90 Å². The number of fused-ring (bicyclic) bond motifs is 1. The van der Waals surface area contributed by atoms with E-state index in [1.54, 1.807) is 13.0 Å². The van der Waals surface area contributed by atoms with Gasteiger partial charge in [0.1, 0.15) is 10.7 Å². The lowest BCUT2D eigenvalue weighted by Crippen LogP contribution is -1.98. The quantitative estimate of drug-likeness (QED) is 0.336. The van der Waals surface area contributed by atoms with E-state index in [2.05, 4.69) is 19.7 Å². The number of H-pyrrole nitrogens is 1. The lowest BCUT2D eigenvalue weighted by molar-refractivity contribution is -0.131. The van der Waals surface area contributed by atoms with Gasteiger partial charge in [-0.15, -0.1) is 5.10 Å². The van der Waals surface area contributed by atoms with Crippen LogP contribution in [0.2, 0.25) is 5.02 Å². The van der Waals surface area contributed by atoms with Crippen molar-refractivity contribution in [2.75, 3.05) is 0 Å². The highest BCUT2D eigenvalue weighted by Gasteiger charge is 2.15. The van der Waals surface area contributed by atoms with Gasteiger partial charge in [-0.25, -0.2) is 9.78 Å². The monoisotopic (exact) mass is 424 g/mol. The van der Waals surface area contributed by atoms with Gasteiger partial charge in [-0.3, -0.25) is 5.10 Å². The van der Waals surface area contributed by atoms with E-state index >= 15 is 0 Å². The molecule has 29 heavy (non-hydrogen) atoms. The van der Waals surface area contributed by atoms with Gasteiger partial charge in [0.15, 0.2) is 0 Å². The molecule has 8 heteroatoms. The molecule has 0 saturated carbocycles. The van der Waals surface area contributed by atoms with Gasteiger partial charge in [-0.2, -0.15) is 0 Å². The highest BCUT2D eigenvalue weighted by Crippen LogP contribution is 2.30. The largest absolute Gasteiger partial charge is 0.477 e. The molecule has 6 nitrogen and oxygen atoms in total. The number of benzene rings is 2. The molecule has 0 aliphatic heterocycles. The summed E-state index contributed by atoms with van der Waals surface area (Å²) in [6, 6.07) is 15.6. The number of thioether (sulfide) groups is 1. The molecule has 0 saturated heterocycles. The summed E-state index contributed by atoms with van der Waals surface area (Å²) in [4.78, 5) is 16.1. The summed E-state index contributed by atoms with van der Waals surface area (Å²) in [5.41, 5.74) is 2.81. The predicted molar refractivity (Wildman–Crippen MR) is 115 cm³/mol. The van der Waals surface area contributed by atoms with Crippen LogP contribution in [0.5, 0.6) is 0 Å². The van der Waals surface area contributed by atoms with Crippen molar-refractivity contribution in [1.82, 2.24) is 19.7 Å². The van der Waals surface area contributed by atoms with E-state index in [0.717, 1.165) is 33.8 Å². The third-order valence-electron chi connectivity index (χ3n) is 4.39. The molecule has 0 aliphatic carbocycles. The van der Waals surface area contributed by atoms with E-state index in [-0.39, 0.29) is 4.91 Å². The Morgan fingerprint density at radius 2 is 2.00 bits per heavy atom. The van der Waals surface area contributed by atoms with Gasteiger partial charge in [-0.1, -0.05) is 48.0 Å². The van der Waals surface area contributed by atoms with Crippen LogP contribution < -0.4 is 0 Å². The molecule has 2 heterocycles. The molecule has 4 rings (SSSR count). The van der Waals surface area contributed by atoms with Crippen LogP contribution >= 0.6 is 23.4 Å². The number of aromatic amines is 1. The average Bonchev–Trinajstić information content (AvgIpc) is 3.27. The van der Waals surface area contributed by atoms with Crippen molar-refractivity contribution in [2.24, 2.45) is 0 Å². The number of carbonyl (C=O) groups is 1. The van der Waals surface area contributed by atoms with Crippen molar-refractivity contribution >= 4 is 46.3 Å². The number of aryl methyl sites for hydroxylation is 1. The lowest BCUT2D eigenvalue weighted by Gasteiger charge is -2.07. The van der Waals surface area contributed by atoms with E-state index < -0.39 is 5.97 Å². The molecule has 2 aromatic carbocycles. The number of aliphatic carboxylic acids is 1. The Labute approximate surface area is 176 Å². The van der Waals surface area contributed by atoms with E-state index in [1.165, 1.54) is 0 Å². The number of hydrogen-bond acceptors (Lipinski definition) is 4. The molecule has 4 aromatic rings. The number of carboxylic acids is 1. The van der Waals surface area contributed by atoms with Crippen molar-refractivity contribution in [3.63, 3.8) is 0 Å². The number of carboxylic acid groups (broad SMARTS) is 1. The minimum absolute atomic E-state index is 0.143. The molecular weight excluding hydrogens is 408 g/mol. The number of aromatic nitrogens is 4. The normalized spacial score (nSPS) is 11.9. The third-order valence-corrected chi connectivity index (χ3v) is 5.64. The summed E-state index contributed by atoms with van der Waals surface area (Å²) in [7, 11) is 0. The Hall–Kier alpha value is -3.03. The van der Waals surface area contributed by atoms with Crippen LogP contribution in [0.1, 0.15) is 17.0 Å². The van der Waals surface area contributed by atoms with E-state index in [4.69, 9.17) is 11.6 Å². The maximum Gasteiger partial charge on any atom is 0.342 e. The van der Waals surface area contributed by atoms with E-state index in [9.17, 15) is 9.90 Å². The van der Waals surface area contributed by atoms with Crippen molar-refractivity contribution in [3.8, 4) is 0 Å². The fourth-order valence-corrected chi connectivity index (χ4v) is 4.01. The Bertz CT molecular complexity index is 1230. The second-order valence-electron chi connectivity index (χ2n) is 6.44. The minimum atomic E-state index is -1.03. The number of halogens is 1. The van der Waals surface area contributed by atoms with Crippen molar-refractivity contribution in [2.45, 2.75) is 18.6 Å². The zero-order chi connectivity index (χ0) is 20.4. The zero-order valence-electron chi connectivity index (χ0n) is 15.5. The molecule has 2 aromatic heterocycles. The predicted octanol–water partition coefficient (Wildman–Crippen LogP) is 4.99. The van der Waals surface area contributed by atoms with Crippen LogP contribution in [0.4, 0.5) is 0 Å². The van der Waals surface area contributed by atoms with Gasteiger partial charge >= 0.3 is 5.97 Å². The lowest BCUT2D eigenvalue weighted by atomic mass is 10.1. The van der Waals surface area contributed by atoms with Gasteiger partial charge in [0.05, 0.1) is 0 Å². The van der Waals surface area contributed by atoms with Crippen LogP contribution in [-0.4, -0.2) is 30.8 Å². The first-order valence-corrected chi connectivity index (χ1v) is 10.0. The molecule has 0 bridgehead atoms. The molecular formula is C21H17ClN4O2S. The fraction of sp³-hybridized carbons (Fsp3) is 0.0952. The molecule has 0 radical (unpaired) electrons. The first-order valence-electron chi connectivity index (χ1n) is 8.84. The Morgan fingerprint density at radius 1 is 1.24 bits per heavy atom. The number of para-hydroxylation sites is 1. The summed E-state index contributed by atoms with van der Waals surface area (Å²) >= 11 is 7.34. The minimum Gasteiger partial charge on any atom is -0.477 e. The summed E-state index contributed by atoms with van der Waals surface area (Å²) in [5, 5.41) is 18.4. The van der Waals surface area contributed by atoms with Crippen LogP contribution in [-0.2, 0) is 11.3 Å². The summed E-state index contributed by atoms with van der Waals surface area (Å²) < 4.78 is 2.07. The second-order valence-corrected chi connectivity index (χ2v) is 7.86. The van der Waals surface area contributed by atoms with E-state index in [0.29, 0.717) is 22.5 Å². The number of nitrogens with zero attached hydrogens (tertiary/aromatic N) is 3.